The van der Waals surface area contributed by atoms with E-state index in [0.717, 1.165) is 25.6 Å². The minimum Gasteiger partial charge on any atom is -0.388 e. The Labute approximate surface area is 124 Å². The highest BCUT2D eigenvalue weighted by molar-refractivity contribution is 9.10. The fourth-order valence-corrected chi connectivity index (χ4v) is 3.03. The quantitative estimate of drug-likeness (QED) is 0.824. The van der Waals surface area contributed by atoms with Crippen LogP contribution in [0.4, 0.5) is 0 Å². The van der Waals surface area contributed by atoms with Crippen molar-refractivity contribution < 1.29 is 5.11 Å². The second-order valence-corrected chi connectivity index (χ2v) is 6.24. The van der Waals surface area contributed by atoms with Crippen LogP contribution in [0.3, 0.4) is 0 Å². The molecule has 1 unspecified atom stereocenters. The fourth-order valence-electron chi connectivity index (χ4n) is 1.96. The third-order valence-corrected chi connectivity index (χ3v) is 3.72. The van der Waals surface area contributed by atoms with Gasteiger partial charge in [-0.1, -0.05) is 50.1 Å². The molecular formula is C15H14Br2O. The molecule has 0 aliphatic heterocycles. The molecule has 94 valence electrons. The Hall–Kier alpha value is -0.640. The first kappa shape index (κ1) is 13.8. The SMILES string of the molecule is Cc1cc(Br)cc(C(O)Cc2cccc(Br)c2)c1. The second kappa shape index (κ2) is 6.00. The summed E-state index contributed by atoms with van der Waals surface area (Å²) in [5.41, 5.74) is 3.21. The Bertz CT molecular complexity index is 532. The molecule has 0 aliphatic carbocycles. The number of rotatable bonds is 3. The van der Waals surface area contributed by atoms with Gasteiger partial charge in [-0.15, -0.1) is 0 Å². The van der Waals surface area contributed by atoms with Crippen LogP contribution in [0.15, 0.2) is 51.4 Å². The summed E-state index contributed by atoms with van der Waals surface area (Å²) in [5.74, 6) is 0. The van der Waals surface area contributed by atoms with Crippen molar-refractivity contribution >= 4 is 31.9 Å². The highest BCUT2D eigenvalue weighted by atomic mass is 79.9. The van der Waals surface area contributed by atoms with E-state index in [2.05, 4.69) is 31.9 Å². The molecule has 2 rings (SSSR count). The van der Waals surface area contributed by atoms with Gasteiger partial charge in [0.1, 0.15) is 0 Å². The van der Waals surface area contributed by atoms with Crippen molar-refractivity contribution in [2.45, 2.75) is 19.4 Å². The number of aryl methyl sites for hydroxylation is 1. The van der Waals surface area contributed by atoms with Crippen LogP contribution in [-0.4, -0.2) is 5.11 Å². The van der Waals surface area contributed by atoms with Crippen LogP contribution in [0.25, 0.3) is 0 Å². The van der Waals surface area contributed by atoms with E-state index in [0.29, 0.717) is 6.42 Å². The van der Waals surface area contributed by atoms with Gasteiger partial charge in [0.05, 0.1) is 6.10 Å². The van der Waals surface area contributed by atoms with E-state index in [1.54, 1.807) is 0 Å². The molecular weight excluding hydrogens is 356 g/mol. The molecule has 1 atom stereocenters. The molecule has 1 nitrogen and oxygen atoms in total. The average molecular weight is 370 g/mol. The Morgan fingerprint density at radius 2 is 1.83 bits per heavy atom. The zero-order chi connectivity index (χ0) is 13.1. The van der Waals surface area contributed by atoms with Crippen LogP contribution in [0, 0.1) is 6.92 Å². The van der Waals surface area contributed by atoms with Gasteiger partial charge >= 0.3 is 0 Å². The number of aliphatic hydroxyl groups is 1. The zero-order valence-electron chi connectivity index (χ0n) is 10.0. The molecule has 0 aromatic heterocycles. The number of hydrogen-bond donors (Lipinski definition) is 1. The lowest BCUT2D eigenvalue weighted by molar-refractivity contribution is 0.178. The van der Waals surface area contributed by atoms with Gasteiger partial charge in [0.2, 0.25) is 0 Å². The first-order chi connectivity index (χ1) is 8.54. The molecule has 0 bridgehead atoms. The van der Waals surface area contributed by atoms with Crippen LogP contribution in [-0.2, 0) is 6.42 Å². The summed E-state index contributed by atoms with van der Waals surface area (Å²) in [6, 6.07) is 14.1. The van der Waals surface area contributed by atoms with Crippen LogP contribution in [0.2, 0.25) is 0 Å². The molecule has 2 aromatic rings. The van der Waals surface area contributed by atoms with Crippen LogP contribution in [0.1, 0.15) is 22.8 Å². The monoisotopic (exact) mass is 368 g/mol. The van der Waals surface area contributed by atoms with E-state index in [9.17, 15) is 5.11 Å². The summed E-state index contributed by atoms with van der Waals surface area (Å²) in [5, 5.41) is 10.3. The van der Waals surface area contributed by atoms with Gasteiger partial charge in [-0.05, 0) is 47.9 Å². The predicted molar refractivity (Wildman–Crippen MR) is 81.7 cm³/mol. The summed E-state index contributed by atoms with van der Waals surface area (Å²) in [4.78, 5) is 0. The van der Waals surface area contributed by atoms with Crippen molar-refractivity contribution in [3.05, 3.63) is 68.1 Å². The average Bonchev–Trinajstić information content (AvgIpc) is 2.27. The van der Waals surface area contributed by atoms with Gasteiger partial charge in [-0.2, -0.15) is 0 Å². The lowest BCUT2D eigenvalue weighted by Crippen LogP contribution is -2.02. The number of hydrogen-bond acceptors (Lipinski definition) is 1. The molecule has 3 heteroatoms. The summed E-state index contributed by atoms with van der Waals surface area (Å²) < 4.78 is 2.04. The third-order valence-electron chi connectivity index (χ3n) is 2.77. The summed E-state index contributed by atoms with van der Waals surface area (Å²) >= 11 is 6.90. The lowest BCUT2D eigenvalue weighted by atomic mass is 10.0. The number of halogens is 2. The van der Waals surface area contributed by atoms with Gasteiger partial charge in [0.25, 0.3) is 0 Å². The molecule has 0 saturated heterocycles. The molecule has 0 spiro atoms. The summed E-state index contributed by atoms with van der Waals surface area (Å²) in [6.45, 7) is 2.03. The molecule has 0 amide bonds. The van der Waals surface area contributed by atoms with Crippen molar-refractivity contribution in [1.82, 2.24) is 0 Å². The fraction of sp³-hybridized carbons (Fsp3) is 0.200. The minimum atomic E-state index is -0.476. The molecule has 18 heavy (non-hydrogen) atoms. The van der Waals surface area contributed by atoms with Crippen molar-refractivity contribution in [2.24, 2.45) is 0 Å². The Balaban J connectivity index is 2.19. The highest BCUT2D eigenvalue weighted by Crippen LogP contribution is 2.24. The molecule has 0 aliphatic rings. The van der Waals surface area contributed by atoms with Crippen molar-refractivity contribution in [3.63, 3.8) is 0 Å². The van der Waals surface area contributed by atoms with Gasteiger partial charge in [0.15, 0.2) is 0 Å². The molecule has 0 heterocycles. The third kappa shape index (κ3) is 3.67. The molecule has 0 fully saturated rings. The van der Waals surface area contributed by atoms with Crippen LogP contribution in [0.5, 0.6) is 0 Å². The normalized spacial score (nSPS) is 12.4. The van der Waals surface area contributed by atoms with E-state index >= 15 is 0 Å². The number of aliphatic hydroxyl groups excluding tert-OH is 1. The zero-order valence-corrected chi connectivity index (χ0v) is 13.2. The maximum absolute atomic E-state index is 10.3. The van der Waals surface area contributed by atoms with Gasteiger partial charge in [0, 0.05) is 15.4 Å². The largest absolute Gasteiger partial charge is 0.388 e. The van der Waals surface area contributed by atoms with E-state index in [1.807, 2.05) is 49.4 Å². The van der Waals surface area contributed by atoms with Crippen molar-refractivity contribution in [1.29, 1.82) is 0 Å². The van der Waals surface area contributed by atoms with E-state index in [1.165, 1.54) is 0 Å². The topological polar surface area (TPSA) is 20.2 Å². The first-order valence-electron chi connectivity index (χ1n) is 5.74. The lowest BCUT2D eigenvalue weighted by Gasteiger charge is -2.12. The van der Waals surface area contributed by atoms with E-state index in [-0.39, 0.29) is 0 Å². The van der Waals surface area contributed by atoms with E-state index in [4.69, 9.17) is 0 Å². The van der Waals surface area contributed by atoms with Gasteiger partial charge in [-0.25, -0.2) is 0 Å². The van der Waals surface area contributed by atoms with Crippen LogP contribution >= 0.6 is 31.9 Å². The van der Waals surface area contributed by atoms with E-state index < -0.39 is 6.10 Å². The Morgan fingerprint density at radius 3 is 2.50 bits per heavy atom. The molecule has 0 saturated carbocycles. The van der Waals surface area contributed by atoms with Gasteiger partial charge in [-0.3, -0.25) is 0 Å². The minimum absolute atomic E-state index is 0.476. The molecule has 0 radical (unpaired) electrons. The number of benzene rings is 2. The molecule has 1 N–H and O–H groups in total. The highest BCUT2D eigenvalue weighted by Gasteiger charge is 2.10. The van der Waals surface area contributed by atoms with Crippen molar-refractivity contribution in [3.8, 4) is 0 Å². The summed E-state index contributed by atoms with van der Waals surface area (Å²) in [7, 11) is 0. The molecule has 2 aromatic carbocycles. The Kier molecular flexibility index (Phi) is 4.60. The standard InChI is InChI=1S/C15H14Br2O/c1-10-5-12(9-14(17)6-10)15(18)8-11-3-2-4-13(16)7-11/h2-7,9,15,18H,8H2,1H3. The second-order valence-electron chi connectivity index (χ2n) is 4.41. The summed E-state index contributed by atoms with van der Waals surface area (Å²) in [6.07, 6.45) is 0.144. The van der Waals surface area contributed by atoms with Crippen LogP contribution < -0.4 is 0 Å². The predicted octanol–water partition coefficient (Wildman–Crippen LogP) is 4.80. The van der Waals surface area contributed by atoms with Crippen molar-refractivity contribution in [2.75, 3.05) is 0 Å². The van der Waals surface area contributed by atoms with Gasteiger partial charge < -0.3 is 5.11 Å². The Morgan fingerprint density at radius 1 is 1.06 bits per heavy atom. The smallest absolute Gasteiger partial charge is 0.0830 e. The first-order valence-corrected chi connectivity index (χ1v) is 7.33. The maximum atomic E-state index is 10.3. The maximum Gasteiger partial charge on any atom is 0.0830 e.